The third kappa shape index (κ3) is 3.60. The van der Waals surface area contributed by atoms with Crippen LogP contribution in [0, 0.1) is 11.3 Å². The Labute approximate surface area is 167 Å². The van der Waals surface area contributed by atoms with Gasteiger partial charge in [0, 0.05) is 18.3 Å². The number of nitriles is 1. The predicted octanol–water partition coefficient (Wildman–Crippen LogP) is 3.38. The predicted molar refractivity (Wildman–Crippen MR) is 102 cm³/mol. The van der Waals surface area contributed by atoms with E-state index in [9.17, 15) is 18.4 Å². The lowest BCUT2D eigenvalue weighted by molar-refractivity contribution is -0.137. The maximum Gasteiger partial charge on any atom is 0.416 e. The van der Waals surface area contributed by atoms with Gasteiger partial charge in [0.1, 0.15) is 18.7 Å². The number of nitrogens with one attached hydrogen (secondary N) is 2. The van der Waals surface area contributed by atoms with E-state index in [-0.39, 0.29) is 22.9 Å². The van der Waals surface area contributed by atoms with Crippen LogP contribution in [-0.4, -0.2) is 35.9 Å². The third-order valence-electron chi connectivity index (χ3n) is 4.15. The number of imidazole rings is 1. The molecule has 152 valence electrons. The van der Waals surface area contributed by atoms with Gasteiger partial charge in [0.05, 0.1) is 23.1 Å². The second kappa shape index (κ2) is 7.36. The van der Waals surface area contributed by atoms with Crippen molar-refractivity contribution >= 4 is 22.8 Å². The smallest absolute Gasteiger partial charge is 0.382 e. The van der Waals surface area contributed by atoms with E-state index in [1.807, 2.05) is 13.0 Å². The molecule has 0 radical (unpaired) electrons. The zero-order valence-corrected chi connectivity index (χ0v) is 15.5. The number of aromatic nitrogens is 6. The molecule has 4 rings (SSSR count). The molecule has 0 bridgehead atoms. The van der Waals surface area contributed by atoms with Crippen molar-refractivity contribution in [2.24, 2.45) is 0 Å². The van der Waals surface area contributed by atoms with Crippen LogP contribution >= 0.6 is 0 Å². The zero-order valence-electron chi connectivity index (χ0n) is 15.5. The van der Waals surface area contributed by atoms with Crippen molar-refractivity contribution in [3.63, 3.8) is 0 Å². The van der Waals surface area contributed by atoms with Gasteiger partial charge in [-0.15, -0.1) is 5.10 Å². The molecule has 0 aliphatic heterocycles. The Morgan fingerprint density at radius 1 is 1.20 bits per heavy atom. The molecular weight excluding hydrogens is 399 g/mol. The molecule has 1 aromatic carbocycles. The van der Waals surface area contributed by atoms with Crippen LogP contribution in [0.4, 0.5) is 30.4 Å². The first-order chi connectivity index (χ1) is 14.4. The van der Waals surface area contributed by atoms with Gasteiger partial charge < -0.3 is 10.6 Å². The van der Waals surface area contributed by atoms with Crippen LogP contribution in [0.15, 0.2) is 43.1 Å². The first kappa shape index (κ1) is 19.2. The maximum absolute atomic E-state index is 13.4. The zero-order chi connectivity index (χ0) is 21.3. The van der Waals surface area contributed by atoms with Gasteiger partial charge in [-0.25, -0.2) is 14.6 Å². The van der Waals surface area contributed by atoms with Gasteiger partial charge in [0.15, 0.2) is 17.2 Å². The highest BCUT2D eigenvalue weighted by Gasteiger charge is 2.31. The first-order valence-electron chi connectivity index (χ1n) is 8.76. The molecule has 0 saturated heterocycles. The lowest BCUT2D eigenvalue weighted by Crippen LogP contribution is -2.09. The van der Waals surface area contributed by atoms with Crippen LogP contribution in [0.25, 0.3) is 11.3 Å². The summed E-state index contributed by atoms with van der Waals surface area (Å²) < 4.78 is 42.8. The summed E-state index contributed by atoms with van der Waals surface area (Å²) in [6, 6.07) is 7.03. The number of benzene rings is 1. The van der Waals surface area contributed by atoms with Gasteiger partial charge in [0.2, 0.25) is 0 Å². The topological polar surface area (TPSA) is 109 Å². The molecule has 3 heterocycles. The maximum atomic E-state index is 13.4. The van der Waals surface area contributed by atoms with Crippen molar-refractivity contribution in [2.75, 3.05) is 17.2 Å². The fraction of sp³-hybridized carbons (Fsp3) is 0.167. The fourth-order valence-electron chi connectivity index (χ4n) is 2.90. The number of rotatable bonds is 5. The van der Waals surface area contributed by atoms with Gasteiger partial charge in [-0.1, -0.05) is 0 Å². The minimum Gasteiger partial charge on any atom is -0.382 e. The largest absolute Gasteiger partial charge is 0.416 e. The summed E-state index contributed by atoms with van der Waals surface area (Å²) in [5.41, 5.74) is 0.680. The average Bonchev–Trinajstić information content (AvgIpc) is 3.37. The van der Waals surface area contributed by atoms with Gasteiger partial charge in [-0.2, -0.15) is 28.0 Å². The summed E-state index contributed by atoms with van der Waals surface area (Å²) in [6.07, 6.45) is -0.650. The lowest BCUT2D eigenvalue weighted by atomic mass is 10.1. The minimum absolute atomic E-state index is 0.142. The molecule has 2 N–H and O–H groups in total. The van der Waals surface area contributed by atoms with E-state index in [1.54, 1.807) is 6.07 Å². The lowest BCUT2D eigenvalue weighted by Gasteiger charge is -2.14. The number of anilines is 3. The molecule has 0 spiro atoms. The highest BCUT2D eigenvalue weighted by molar-refractivity contribution is 5.73. The van der Waals surface area contributed by atoms with Crippen LogP contribution < -0.4 is 10.6 Å². The van der Waals surface area contributed by atoms with Gasteiger partial charge in [-0.3, -0.25) is 0 Å². The number of alkyl halides is 3. The molecule has 0 aliphatic carbocycles. The van der Waals surface area contributed by atoms with E-state index in [0.29, 0.717) is 17.9 Å². The van der Waals surface area contributed by atoms with Gasteiger partial charge in [0.25, 0.3) is 0 Å². The third-order valence-corrected chi connectivity index (χ3v) is 4.15. The highest BCUT2D eigenvalue weighted by Crippen LogP contribution is 2.34. The molecule has 3 aromatic heterocycles. The summed E-state index contributed by atoms with van der Waals surface area (Å²) in [6.45, 7) is 2.46. The van der Waals surface area contributed by atoms with Crippen LogP contribution in [0.3, 0.4) is 0 Å². The standard InChI is InChI=1S/C18H14F3N9/c1-2-24-15-6-16(28-30-14(7-22)8-25-17(15)30)27-12-3-11(18(19,20)21)4-13(5-12)29-10-23-9-26-29/h3-6,8-10,24H,2H2,1H3,(H,27,28). The molecule has 0 saturated carbocycles. The summed E-state index contributed by atoms with van der Waals surface area (Å²) in [5.74, 6) is 0.233. The number of hydrogen-bond donors (Lipinski definition) is 2. The average molecular weight is 413 g/mol. The van der Waals surface area contributed by atoms with Crippen LogP contribution in [0.1, 0.15) is 18.2 Å². The molecule has 9 nitrogen and oxygen atoms in total. The van der Waals surface area contributed by atoms with Gasteiger partial charge >= 0.3 is 6.18 Å². The van der Waals surface area contributed by atoms with Crippen molar-refractivity contribution in [1.82, 2.24) is 29.4 Å². The van der Waals surface area contributed by atoms with E-state index >= 15 is 0 Å². The molecular formula is C18H14F3N9. The molecule has 0 unspecified atom stereocenters. The summed E-state index contributed by atoms with van der Waals surface area (Å²) in [4.78, 5) is 7.94. The number of fused-ring (bicyclic) bond motifs is 1. The molecule has 0 atom stereocenters. The van der Waals surface area contributed by atoms with Crippen molar-refractivity contribution in [1.29, 1.82) is 5.26 Å². The minimum atomic E-state index is -4.56. The molecule has 0 aliphatic rings. The van der Waals surface area contributed by atoms with E-state index in [4.69, 9.17) is 0 Å². The van der Waals surface area contributed by atoms with E-state index in [1.165, 1.54) is 34.1 Å². The fourth-order valence-corrected chi connectivity index (χ4v) is 2.90. The van der Waals surface area contributed by atoms with E-state index in [0.717, 1.165) is 12.1 Å². The molecule has 4 aromatic rings. The van der Waals surface area contributed by atoms with Crippen molar-refractivity contribution in [3.05, 3.63) is 54.4 Å². The Morgan fingerprint density at radius 2 is 2.03 bits per heavy atom. The van der Waals surface area contributed by atoms with E-state index < -0.39 is 11.7 Å². The highest BCUT2D eigenvalue weighted by atomic mass is 19.4. The molecule has 0 amide bonds. The second-order valence-corrected chi connectivity index (χ2v) is 6.20. The first-order valence-corrected chi connectivity index (χ1v) is 8.76. The monoisotopic (exact) mass is 413 g/mol. The quantitative estimate of drug-likeness (QED) is 0.516. The number of hydrogen-bond acceptors (Lipinski definition) is 7. The summed E-state index contributed by atoms with van der Waals surface area (Å²) >= 11 is 0. The number of halogens is 3. The summed E-state index contributed by atoms with van der Waals surface area (Å²) in [5, 5.41) is 23.4. The normalized spacial score (nSPS) is 11.4. The van der Waals surface area contributed by atoms with Crippen LogP contribution in [-0.2, 0) is 6.18 Å². The van der Waals surface area contributed by atoms with Crippen molar-refractivity contribution < 1.29 is 13.2 Å². The van der Waals surface area contributed by atoms with E-state index in [2.05, 4.69) is 30.8 Å². The van der Waals surface area contributed by atoms with Crippen molar-refractivity contribution in [2.45, 2.75) is 13.1 Å². The van der Waals surface area contributed by atoms with Crippen LogP contribution in [0.2, 0.25) is 0 Å². The SMILES string of the molecule is CCNc1cc(Nc2cc(-n3cncn3)cc(C(F)(F)F)c2)nn2c(C#N)cnc12. The Kier molecular flexibility index (Phi) is 4.71. The molecule has 0 fully saturated rings. The van der Waals surface area contributed by atoms with Crippen LogP contribution in [0.5, 0.6) is 0 Å². The number of nitrogens with zero attached hydrogens (tertiary/aromatic N) is 7. The van der Waals surface area contributed by atoms with Gasteiger partial charge in [-0.05, 0) is 25.1 Å². The second-order valence-electron chi connectivity index (χ2n) is 6.20. The van der Waals surface area contributed by atoms with Crippen molar-refractivity contribution in [3.8, 4) is 11.8 Å². The molecule has 30 heavy (non-hydrogen) atoms. The molecule has 12 heteroatoms. The Balaban J connectivity index is 1.81. The Morgan fingerprint density at radius 3 is 2.70 bits per heavy atom. The summed E-state index contributed by atoms with van der Waals surface area (Å²) in [7, 11) is 0. The Bertz CT molecular complexity index is 1240. The Hall–Kier alpha value is -4.14.